The number of benzene rings is 2. The van der Waals surface area contributed by atoms with Crippen LogP contribution in [0, 0.1) is 0 Å². The van der Waals surface area contributed by atoms with Gasteiger partial charge in [0.05, 0.1) is 17.9 Å². The molecule has 0 aliphatic carbocycles. The average molecular weight is 505 g/mol. The molecule has 1 unspecified atom stereocenters. The predicted octanol–water partition coefficient (Wildman–Crippen LogP) is 3.85. The molecule has 37 heavy (non-hydrogen) atoms. The summed E-state index contributed by atoms with van der Waals surface area (Å²) in [5, 5.41) is 10.5. The van der Waals surface area contributed by atoms with Gasteiger partial charge < -0.3 is 25.0 Å². The van der Waals surface area contributed by atoms with Crippen LogP contribution < -0.4 is 20.1 Å². The smallest absolute Gasteiger partial charge is 0.260 e. The van der Waals surface area contributed by atoms with Crippen LogP contribution in [0.4, 0.5) is 11.6 Å². The van der Waals surface area contributed by atoms with Gasteiger partial charge in [-0.2, -0.15) is 10.1 Å². The maximum Gasteiger partial charge on any atom is 0.260 e. The molecule has 1 aliphatic rings. The van der Waals surface area contributed by atoms with E-state index in [-0.39, 0.29) is 18.4 Å². The molecular formula is C27H32N6O4. The van der Waals surface area contributed by atoms with Crippen LogP contribution in [-0.4, -0.2) is 57.8 Å². The van der Waals surface area contributed by atoms with Crippen LogP contribution in [-0.2, 0) is 9.59 Å². The van der Waals surface area contributed by atoms with Crippen LogP contribution in [0.2, 0.25) is 0 Å². The Morgan fingerprint density at radius 2 is 1.78 bits per heavy atom. The molecule has 2 heterocycles. The van der Waals surface area contributed by atoms with Crippen molar-refractivity contribution < 1.29 is 19.1 Å². The SMILES string of the molecule is CCOc1ccccc1NC(=O)C1=C(C)Nc2ncnn2C1c1ccc(OCC(=O)N(CC)CC)cc1. The molecule has 1 atom stereocenters. The lowest BCUT2D eigenvalue weighted by molar-refractivity contribution is -0.133. The molecule has 4 rings (SSSR count). The van der Waals surface area contributed by atoms with Gasteiger partial charge in [-0.15, -0.1) is 0 Å². The monoisotopic (exact) mass is 504 g/mol. The van der Waals surface area contributed by atoms with Crippen LogP contribution in [0.15, 0.2) is 66.1 Å². The fourth-order valence-corrected chi connectivity index (χ4v) is 4.29. The fraction of sp³-hybridized carbons (Fsp3) is 0.333. The van der Waals surface area contributed by atoms with Gasteiger partial charge in [0.15, 0.2) is 6.61 Å². The number of rotatable bonds is 10. The van der Waals surface area contributed by atoms with Crippen molar-refractivity contribution in [2.24, 2.45) is 0 Å². The van der Waals surface area contributed by atoms with Crippen LogP contribution in [0.3, 0.4) is 0 Å². The number of amides is 2. The minimum absolute atomic E-state index is 0.0342. The molecule has 0 fully saturated rings. The number of ether oxygens (including phenoxy) is 2. The second-order valence-corrected chi connectivity index (χ2v) is 8.40. The normalized spacial score (nSPS) is 14.4. The lowest BCUT2D eigenvalue weighted by atomic mass is 9.95. The van der Waals surface area contributed by atoms with Crippen molar-refractivity contribution in [2.45, 2.75) is 33.7 Å². The van der Waals surface area contributed by atoms with Gasteiger partial charge in [-0.3, -0.25) is 9.59 Å². The number of carbonyl (C=O) groups excluding carboxylic acids is 2. The molecule has 194 valence electrons. The molecule has 2 N–H and O–H groups in total. The van der Waals surface area contributed by atoms with E-state index in [9.17, 15) is 9.59 Å². The number of carbonyl (C=O) groups is 2. The van der Waals surface area contributed by atoms with E-state index in [2.05, 4.69) is 20.7 Å². The van der Waals surface area contributed by atoms with Crippen molar-refractivity contribution in [3.05, 3.63) is 71.7 Å². The van der Waals surface area contributed by atoms with Gasteiger partial charge in [-0.05, 0) is 57.5 Å². The molecule has 1 aliphatic heterocycles. The Morgan fingerprint density at radius 1 is 1.05 bits per heavy atom. The first-order chi connectivity index (χ1) is 18.0. The summed E-state index contributed by atoms with van der Waals surface area (Å²) in [6.45, 7) is 9.33. The number of hydrogen-bond acceptors (Lipinski definition) is 7. The minimum atomic E-state index is -0.524. The van der Waals surface area contributed by atoms with Crippen LogP contribution in [0.25, 0.3) is 0 Å². The molecule has 2 amide bonds. The number of para-hydroxylation sites is 2. The van der Waals surface area contributed by atoms with Gasteiger partial charge in [0, 0.05) is 18.8 Å². The van der Waals surface area contributed by atoms with Crippen LogP contribution >= 0.6 is 0 Å². The van der Waals surface area contributed by atoms with Crippen molar-refractivity contribution in [3.63, 3.8) is 0 Å². The Balaban J connectivity index is 1.59. The number of anilines is 2. The molecule has 1 aromatic heterocycles. The van der Waals surface area contributed by atoms with E-state index in [0.29, 0.717) is 54.1 Å². The largest absolute Gasteiger partial charge is 0.492 e. The number of aromatic nitrogens is 3. The molecule has 0 bridgehead atoms. The lowest BCUT2D eigenvalue weighted by Crippen LogP contribution is -2.34. The highest BCUT2D eigenvalue weighted by molar-refractivity contribution is 6.06. The summed E-state index contributed by atoms with van der Waals surface area (Å²) in [5.74, 6) is 1.35. The predicted molar refractivity (Wildman–Crippen MR) is 141 cm³/mol. The number of hydrogen-bond donors (Lipinski definition) is 2. The van der Waals surface area contributed by atoms with E-state index in [1.807, 2.05) is 58.0 Å². The third-order valence-electron chi connectivity index (χ3n) is 6.15. The van der Waals surface area contributed by atoms with E-state index in [0.717, 1.165) is 5.56 Å². The van der Waals surface area contributed by atoms with E-state index in [1.54, 1.807) is 27.8 Å². The van der Waals surface area contributed by atoms with Crippen molar-refractivity contribution in [3.8, 4) is 11.5 Å². The maximum absolute atomic E-state index is 13.6. The van der Waals surface area contributed by atoms with Crippen molar-refractivity contribution in [1.82, 2.24) is 19.7 Å². The molecular weight excluding hydrogens is 472 g/mol. The van der Waals surface area contributed by atoms with E-state index >= 15 is 0 Å². The summed E-state index contributed by atoms with van der Waals surface area (Å²) in [7, 11) is 0. The summed E-state index contributed by atoms with van der Waals surface area (Å²) < 4.78 is 13.1. The number of nitrogens with zero attached hydrogens (tertiary/aromatic N) is 4. The number of allylic oxidation sites excluding steroid dienone is 1. The second kappa shape index (κ2) is 11.6. The third-order valence-corrected chi connectivity index (χ3v) is 6.15. The number of nitrogens with one attached hydrogen (secondary N) is 2. The zero-order chi connectivity index (χ0) is 26.4. The lowest BCUT2D eigenvalue weighted by Gasteiger charge is -2.29. The highest BCUT2D eigenvalue weighted by atomic mass is 16.5. The summed E-state index contributed by atoms with van der Waals surface area (Å²) in [6.07, 6.45) is 1.45. The van der Waals surface area contributed by atoms with Gasteiger partial charge >= 0.3 is 0 Å². The Kier molecular flexibility index (Phi) is 8.07. The zero-order valence-corrected chi connectivity index (χ0v) is 21.5. The van der Waals surface area contributed by atoms with Crippen LogP contribution in [0.1, 0.15) is 39.3 Å². The molecule has 10 nitrogen and oxygen atoms in total. The van der Waals surface area contributed by atoms with Crippen LogP contribution in [0.5, 0.6) is 11.5 Å². The third kappa shape index (κ3) is 5.58. The number of likely N-dealkylation sites (N-methyl/N-ethyl adjacent to an activating group) is 1. The summed E-state index contributed by atoms with van der Waals surface area (Å²) in [6, 6.07) is 14.1. The summed E-state index contributed by atoms with van der Waals surface area (Å²) in [5.41, 5.74) is 2.56. The Bertz CT molecular complexity index is 1280. The number of fused-ring (bicyclic) bond motifs is 1. The van der Waals surface area contributed by atoms with Crippen molar-refractivity contribution in [2.75, 3.05) is 36.9 Å². The Morgan fingerprint density at radius 3 is 2.49 bits per heavy atom. The fourth-order valence-electron chi connectivity index (χ4n) is 4.29. The molecule has 2 aromatic carbocycles. The summed E-state index contributed by atoms with van der Waals surface area (Å²) >= 11 is 0. The average Bonchev–Trinajstić information content (AvgIpc) is 3.37. The molecule has 10 heteroatoms. The Hall–Kier alpha value is -4.34. The van der Waals surface area contributed by atoms with Gasteiger partial charge in [0.1, 0.15) is 23.9 Å². The van der Waals surface area contributed by atoms with Gasteiger partial charge in [-0.1, -0.05) is 24.3 Å². The Labute approximate surface area is 216 Å². The first-order valence-corrected chi connectivity index (χ1v) is 12.4. The van der Waals surface area contributed by atoms with E-state index in [1.165, 1.54) is 6.33 Å². The van der Waals surface area contributed by atoms with Gasteiger partial charge in [-0.25, -0.2) is 4.68 Å². The molecule has 0 radical (unpaired) electrons. The quantitative estimate of drug-likeness (QED) is 0.431. The topological polar surface area (TPSA) is 111 Å². The molecule has 0 spiro atoms. The van der Waals surface area contributed by atoms with Crippen molar-refractivity contribution >= 4 is 23.5 Å². The van der Waals surface area contributed by atoms with Gasteiger partial charge in [0.25, 0.3) is 11.8 Å². The first-order valence-electron chi connectivity index (χ1n) is 12.4. The second-order valence-electron chi connectivity index (χ2n) is 8.40. The van der Waals surface area contributed by atoms with Crippen molar-refractivity contribution in [1.29, 1.82) is 0 Å². The molecule has 0 saturated carbocycles. The minimum Gasteiger partial charge on any atom is -0.492 e. The van der Waals surface area contributed by atoms with Gasteiger partial charge in [0.2, 0.25) is 5.95 Å². The summed E-state index contributed by atoms with van der Waals surface area (Å²) in [4.78, 5) is 31.9. The zero-order valence-electron chi connectivity index (χ0n) is 21.5. The highest BCUT2D eigenvalue weighted by Crippen LogP contribution is 2.36. The molecule has 0 saturated heterocycles. The first kappa shape index (κ1) is 25.7. The maximum atomic E-state index is 13.6. The molecule has 3 aromatic rings. The standard InChI is InChI=1S/C27H32N6O4/c1-5-32(6-2)23(34)16-37-20-14-12-19(13-15-20)25-24(18(4)30-27-28-17-29-33(25)27)26(35)31-21-10-8-9-11-22(21)36-7-3/h8-15,17,25H,5-7,16H2,1-4H3,(H,31,35)(H,28,29,30). The van der Waals surface area contributed by atoms with E-state index in [4.69, 9.17) is 9.47 Å². The van der Waals surface area contributed by atoms with E-state index < -0.39 is 6.04 Å². The highest BCUT2D eigenvalue weighted by Gasteiger charge is 2.33.